The standard InChI is InChI=1S/C15H18BrN3S/c1-2-6-18-14(10-7-11(16)9-17-8-10)15-19-12-4-3-5-13(12)20-15/h7-9,14,18H,2-6H2,1H3. The molecule has 0 spiro atoms. The molecule has 106 valence electrons. The molecule has 0 amide bonds. The molecule has 1 aliphatic carbocycles. The third-order valence-corrected chi connectivity index (χ3v) is 5.17. The van der Waals surface area contributed by atoms with Gasteiger partial charge >= 0.3 is 0 Å². The SMILES string of the molecule is CCCNC(c1cncc(Br)c1)c1nc2c(s1)CCC2. The van der Waals surface area contributed by atoms with Crippen LogP contribution in [0.2, 0.25) is 0 Å². The van der Waals surface area contributed by atoms with Gasteiger partial charge in [0.25, 0.3) is 0 Å². The molecule has 0 saturated heterocycles. The molecule has 1 N–H and O–H groups in total. The van der Waals surface area contributed by atoms with Crippen molar-refractivity contribution in [2.24, 2.45) is 0 Å². The van der Waals surface area contributed by atoms with Crippen LogP contribution in [0.3, 0.4) is 0 Å². The lowest BCUT2D eigenvalue weighted by Crippen LogP contribution is -2.23. The molecule has 2 heterocycles. The van der Waals surface area contributed by atoms with Crippen molar-refractivity contribution in [3.05, 3.63) is 44.1 Å². The fraction of sp³-hybridized carbons (Fsp3) is 0.467. The van der Waals surface area contributed by atoms with Crippen LogP contribution >= 0.6 is 27.3 Å². The Labute approximate surface area is 132 Å². The van der Waals surface area contributed by atoms with Crippen LogP contribution in [-0.4, -0.2) is 16.5 Å². The first-order chi connectivity index (χ1) is 9.78. The number of nitrogens with zero attached hydrogens (tertiary/aromatic N) is 2. The molecule has 0 bridgehead atoms. The molecule has 3 nitrogen and oxygen atoms in total. The Bertz CT molecular complexity index is 575. The second-order valence-electron chi connectivity index (χ2n) is 5.10. The number of pyridine rings is 1. The fourth-order valence-electron chi connectivity index (χ4n) is 2.56. The van der Waals surface area contributed by atoms with Crippen LogP contribution in [0.5, 0.6) is 0 Å². The molecule has 2 aromatic rings. The van der Waals surface area contributed by atoms with E-state index in [0.717, 1.165) is 23.9 Å². The summed E-state index contributed by atoms with van der Waals surface area (Å²) < 4.78 is 1.02. The number of fused-ring (bicyclic) bond motifs is 1. The van der Waals surface area contributed by atoms with Crippen LogP contribution < -0.4 is 5.32 Å². The predicted octanol–water partition coefficient (Wildman–Crippen LogP) is 3.88. The van der Waals surface area contributed by atoms with E-state index in [0.29, 0.717) is 0 Å². The molecule has 2 aromatic heterocycles. The number of rotatable bonds is 5. The van der Waals surface area contributed by atoms with Crippen molar-refractivity contribution in [2.45, 2.75) is 38.6 Å². The summed E-state index contributed by atoms with van der Waals surface area (Å²) in [5.74, 6) is 0. The topological polar surface area (TPSA) is 37.8 Å². The summed E-state index contributed by atoms with van der Waals surface area (Å²) >= 11 is 5.37. The Hall–Kier alpha value is -0.780. The number of halogens is 1. The smallest absolute Gasteiger partial charge is 0.115 e. The van der Waals surface area contributed by atoms with Gasteiger partial charge in [-0.25, -0.2) is 4.98 Å². The highest BCUT2D eigenvalue weighted by Crippen LogP contribution is 2.33. The summed E-state index contributed by atoms with van der Waals surface area (Å²) in [6.45, 7) is 3.17. The van der Waals surface area contributed by atoms with Gasteiger partial charge in [-0.2, -0.15) is 0 Å². The van der Waals surface area contributed by atoms with E-state index in [1.807, 2.05) is 23.7 Å². The van der Waals surface area contributed by atoms with E-state index in [1.165, 1.54) is 34.0 Å². The summed E-state index contributed by atoms with van der Waals surface area (Å²) in [6, 6.07) is 2.29. The van der Waals surface area contributed by atoms with Crippen molar-refractivity contribution >= 4 is 27.3 Å². The second-order valence-corrected chi connectivity index (χ2v) is 7.13. The second kappa shape index (κ2) is 6.33. The molecule has 0 saturated carbocycles. The van der Waals surface area contributed by atoms with Crippen molar-refractivity contribution in [3.8, 4) is 0 Å². The highest BCUT2D eigenvalue weighted by molar-refractivity contribution is 9.10. The average Bonchev–Trinajstić information content (AvgIpc) is 3.00. The molecule has 5 heteroatoms. The van der Waals surface area contributed by atoms with Crippen LogP contribution in [0.15, 0.2) is 22.9 Å². The molecule has 3 rings (SSSR count). The first-order valence-corrected chi connectivity index (χ1v) is 8.71. The Morgan fingerprint density at radius 2 is 2.30 bits per heavy atom. The average molecular weight is 352 g/mol. The van der Waals surface area contributed by atoms with Crippen molar-refractivity contribution in [1.82, 2.24) is 15.3 Å². The summed E-state index contributed by atoms with van der Waals surface area (Å²) in [5, 5.41) is 4.79. The molecule has 0 radical (unpaired) electrons. The zero-order chi connectivity index (χ0) is 13.9. The van der Waals surface area contributed by atoms with E-state index < -0.39 is 0 Å². The van der Waals surface area contributed by atoms with Gasteiger partial charge in [0, 0.05) is 21.7 Å². The number of nitrogens with one attached hydrogen (secondary N) is 1. The maximum Gasteiger partial charge on any atom is 0.115 e. The van der Waals surface area contributed by atoms with Crippen molar-refractivity contribution in [3.63, 3.8) is 0 Å². The first kappa shape index (κ1) is 14.2. The van der Waals surface area contributed by atoms with Gasteiger partial charge in [0.1, 0.15) is 5.01 Å². The lowest BCUT2D eigenvalue weighted by molar-refractivity contribution is 0.592. The fourth-order valence-corrected chi connectivity index (χ4v) is 4.20. The van der Waals surface area contributed by atoms with Gasteiger partial charge in [-0.05, 0) is 59.8 Å². The minimum absolute atomic E-state index is 0.163. The van der Waals surface area contributed by atoms with Gasteiger partial charge in [0.05, 0.1) is 11.7 Å². The van der Waals surface area contributed by atoms with Gasteiger partial charge in [-0.3, -0.25) is 4.98 Å². The zero-order valence-electron chi connectivity index (χ0n) is 11.5. The van der Waals surface area contributed by atoms with Crippen molar-refractivity contribution in [2.75, 3.05) is 6.54 Å². The molecule has 0 fully saturated rings. The summed E-state index contributed by atoms with van der Waals surface area (Å²) in [5.41, 5.74) is 2.50. The normalized spacial score (nSPS) is 15.3. The van der Waals surface area contributed by atoms with E-state index >= 15 is 0 Å². The van der Waals surface area contributed by atoms with Crippen LogP contribution in [0.1, 0.15) is 46.9 Å². The number of hydrogen-bond acceptors (Lipinski definition) is 4. The molecule has 1 atom stereocenters. The molecular formula is C15H18BrN3S. The first-order valence-electron chi connectivity index (χ1n) is 7.10. The maximum atomic E-state index is 4.86. The molecular weight excluding hydrogens is 334 g/mol. The number of thiazole rings is 1. The van der Waals surface area contributed by atoms with E-state index in [4.69, 9.17) is 4.98 Å². The van der Waals surface area contributed by atoms with Crippen LogP contribution in [0, 0.1) is 0 Å². The van der Waals surface area contributed by atoms with Crippen LogP contribution in [0.25, 0.3) is 0 Å². The highest BCUT2D eigenvalue weighted by Gasteiger charge is 2.23. The monoisotopic (exact) mass is 351 g/mol. The summed E-state index contributed by atoms with van der Waals surface area (Å²) in [7, 11) is 0. The molecule has 1 aliphatic rings. The van der Waals surface area contributed by atoms with E-state index in [9.17, 15) is 0 Å². The Morgan fingerprint density at radius 3 is 3.05 bits per heavy atom. The predicted molar refractivity (Wildman–Crippen MR) is 86.2 cm³/mol. The minimum Gasteiger partial charge on any atom is -0.304 e. The summed E-state index contributed by atoms with van der Waals surface area (Å²) in [6.07, 6.45) is 8.48. The van der Waals surface area contributed by atoms with Crippen molar-refractivity contribution in [1.29, 1.82) is 0 Å². The minimum atomic E-state index is 0.163. The van der Waals surface area contributed by atoms with Gasteiger partial charge in [0.2, 0.25) is 0 Å². The van der Waals surface area contributed by atoms with Crippen molar-refractivity contribution < 1.29 is 0 Å². The quantitative estimate of drug-likeness (QED) is 0.888. The maximum absolute atomic E-state index is 4.86. The third kappa shape index (κ3) is 2.95. The number of aryl methyl sites for hydroxylation is 2. The highest BCUT2D eigenvalue weighted by atomic mass is 79.9. The van der Waals surface area contributed by atoms with Gasteiger partial charge in [-0.1, -0.05) is 6.92 Å². The largest absolute Gasteiger partial charge is 0.304 e. The Morgan fingerprint density at radius 1 is 1.40 bits per heavy atom. The number of aromatic nitrogens is 2. The Kier molecular flexibility index (Phi) is 4.48. The van der Waals surface area contributed by atoms with Crippen LogP contribution in [0.4, 0.5) is 0 Å². The van der Waals surface area contributed by atoms with Gasteiger partial charge in [0.15, 0.2) is 0 Å². The third-order valence-electron chi connectivity index (χ3n) is 3.52. The van der Waals surface area contributed by atoms with E-state index in [1.54, 1.807) is 0 Å². The number of hydrogen-bond donors (Lipinski definition) is 1. The Balaban J connectivity index is 1.92. The molecule has 1 unspecified atom stereocenters. The van der Waals surface area contributed by atoms with E-state index in [2.05, 4.69) is 39.2 Å². The van der Waals surface area contributed by atoms with Gasteiger partial charge < -0.3 is 5.32 Å². The lowest BCUT2D eigenvalue weighted by atomic mass is 10.1. The van der Waals surface area contributed by atoms with Crippen LogP contribution in [-0.2, 0) is 12.8 Å². The molecule has 20 heavy (non-hydrogen) atoms. The summed E-state index contributed by atoms with van der Waals surface area (Å²) in [4.78, 5) is 10.6. The zero-order valence-corrected chi connectivity index (χ0v) is 13.9. The van der Waals surface area contributed by atoms with Gasteiger partial charge in [-0.15, -0.1) is 11.3 Å². The van der Waals surface area contributed by atoms with E-state index in [-0.39, 0.29) is 6.04 Å². The molecule has 0 aliphatic heterocycles. The lowest BCUT2D eigenvalue weighted by Gasteiger charge is -2.16. The molecule has 0 aromatic carbocycles.